The Morgan fingerprint density at radius 2 is 2.00 bits per heavy atom. The number of aromatic nitrogens is 1. The number of hydrogen-bond donors (Lipinski definition) is 1. The van der Waals surface area contributed by atoms with Crippen LogP contribution in [0.5, 0.6) is 0 Å². The molecule has 0 radical (unpaired) electrons. The molecule has 2 aromatic heterocycles. The number of rotatable bonds is 2. The molecule has 0 unspecified atom stereocenters. The molecule has 0 aliphatic carbocycles. The summed E-state index contributed by atoms with van der Waals surface area (Å²) in [7, 11) is 0. The summed E-state index contributed by atoms with van der Waals surface area (Å²) in [5.41, 5.74) is 3.35. The number of nitrogens with one attached hydrogen (secondary N) is 1. The Morgan fingerprint density at radius 3 is 2.70 bits per heavy atom. The predicted octanol–water partition coefficient (Wildman–Crippen LogP) is 4.99. The van der Waals surface area contributed by atoms with Gasteiger partial charge >= 0.3 is 0 Å². The van der Waals surface area contributed by atoms with Gasteiger partial charge in [-0.05, 0) is 59.1 Å². The average molecular weight is 367 g/mol. The van der Waals surface area contributed by atoms with Crippen LogP contribution in [0.15, 0.2) is 28.1 Å². The van der Waals surface area contributed by atoms with Gasteiger partial charge in [-0.25, -0.2) is 4.98 Å². The fraction of sp³-hybridized carbons (Fsp3) is 0.143. The van der Waals surface area contributed by atoms with Crippen molar-refractivity contribution >= 4 is 59.9 Å². The number of amides is 1. The number of fused-ring (bicyclic) bond motifs is 1. The lowest BCUT2D eigenvalue weighted by molar-refractivity contribution is 0.103. The van der Waals surface area contributed by atoms with Crippen LogP contribution in [0.25, 0.3) is 10.2 Å². The molecule has 102 valence electrons. The third kappa shape index (κ3) is 2.51. The van der Waals surface area contributed by atoms with Crippen molar-refractivity contribution in [3.8, 4) is 0 Å². The van der Waals surface area contributed by atoms with Crippen molar-refractivity contribution in [3.63, 3.8) is 0 Å². The van der Waals surface area contributed by atoms with Crippen LogP contribution in [0.4, 0.5) is 5.13 Å². The highest BCUT2D eigenvalue weighted by Gasteiger charge is 2.13. The van der Waals surface area contributed by atoms with Crippen LogP contribution in [0.3, 0.4) is 0 Å². The molecule has 3 rings (SSSR count). The van der Waals surface area contributed by atoms with E-state index < -0.39 is 0 Å². The molecule has 1 N–H and O–H groups in total. The molecule has 0 atom stereocenters. The summed E-state index contributed by atoms with van der Waals surface area (Å²) in [5.74, 6) is -0.117. The van der Waals surface area contributed by atoms with Gasteiger partial charge in [0.2, 0.25) is 0 Å². The number of thiazole rings is 1. The largest absolute Gasteiger partial charge is 0.297 e. The maximum atomic E-state index is 12.1. The second-order valence-corrected chi connectivity index (χ2v) is 7.92. The number of carbonyl (C=O) groups is 1. The van der Waals surface area contributed by atoms with Gasteiger partial charge in [-0.3, -0.25) is 10.1 Å². The van der Waals surface area contributed by atoms with Crippen molar-refractivity contribution in [3.05, 3.63) is 44.1 Å². The van der Waals surface area contributed by atoms with Gasteiger partial charge in [-0.15, -0.1) is 11.3 Å². The van der Waals surface area contributed by atoms with E-state index in [1.54, 1.807) is 6.07 Å². The van der Waals surface area contributed by atoms with Gasteiger partial charge in [-0.2, -0.15) is 0 Å². The van der Waals surface area contributed by atoms with Gasteiger partial charge in [0.25, 0.3) is 5.91 Å². The highest BCUT2D eigenvalue weighted by Crippen LogP contribution is 2.30. The molecule has 2 heterocycles. The van der Waals surface area contributed by atoms with E-state index in [4.69, 9.17) is 0 Å². The van der Waals surface area contributed by atoms with Gasteiger partial charge in [-0.1, -0.05) is 17.4 Å². The number of benzene rings is 1. The molecule has 3 aromatic rings. The summed E-state index contributed by atoms with van der Waals surface area (Å²) >= 11 is 6.27. The first kappa shape index (κ1) is 13.7. The number of halogens is 1. The minimum Gasteiger partial charge on any atom is -0.297 e. The molecular formula is C14H11BrN2OS2. The van der Waals surface area contributed by atoms with Crippen LogP contribution >= 0.6 is 38.6 Å². The quantitative estimate of drug-likeness (QED) is 0.693. The van der Waals surface area contributed by atoms with Crippen molar-refractivity contribution in [2.75, 3.05) is 5.32 Å². The third-order valence-electron chi connectivity index (χ3n) is 3.10. The third-order valence-corrected chi connectivity index (χ3v) is 5.66. The number of thiophene rings is 1. The first-order valence-corrected chi connectivity index (χ1v) is 8.40. The maximum absolute atomic E-state index is 12.1. The number of anilines is 1. The van der Waals surface area contributed by atoms with Crippen molar-refractivity contribution in [2.24, 2.45) is 0 Å². The van der Waals surface area contributed by atoms with Crippen LogP contribution < -0.4 is 5.32 Å². The molecule has 0 saturated heterocycles. The fourth-order valence-electron chi connectivity index (χ4n) is 1.87. The molecule has 1 amide bonds. The van der Waals surface area contributed by atoms with E-state index in [2.05, 4.69) is 46.1 Å². The van der Waals surface area contributed by atoms with E-state index in [9.17, 15) is 4.79 Å². The number of nitrogens with zero attached hydrogens (tertiary/aromatic N) is 1. The minimum atomic E-state index is -0.117. The van der Waals surface area contributed by atoms with Crippen LogP contribution in [0.2, 0.25) is 0 Å². The number of aryl methyl sites for hydroxylation is 2. The summed E-state index contributed by atoms with van der Waals surface area (Å²) in [6.45, 7) is 4.12. The normalized spacial score (nSPS) is 10.9. The Hall–Kier alpha value is -1.24. The second kappa shape index (κ2) is 5.27. The van der Waals surface area contributed by atoms with Crippen LogP contribution in [-0.4, -0.2) is 10.9 Å². The van der Waals surface area contributed by atoms with Crippen molar-refractivity contribution in [1.29, 1.82) is 0 Å². The highest BCUT2D eigenvalue weighted by atomic mass is 79.9. The maximum Gasteiger partial charge on any atom is 0.267 e. The Bertz CT molecular complexity index is 807. The summed E-state index contributed by atoms with van der Waals surface area (Å²) in [6.07, 6.45) is 0. The second-order valence-electron chi connectivity index (χ2n) is 4.43. The average Bonchev–Trinajstić information content (AvgIpc) is 3.00. The lowest BCUT2D eigenvalue weighted by Crippen LogP contribution is -2.09. The number of carbonyl (C=O) groups excluding carboxylic acids is 1. The topological polar surface area (TPSA) is 42.0 Å². The molecular weight excluding hydrogens is 356 g/mol. The van der Waals surface area contributed by atoms with Crippen LogP contribution in [-0.2, 0) is 0 Å². The van der Waals surface area contributed by atoms with Crippen molar-refractivity contribution < 1.29 is 4.79 Å². The smallest absolute Gasteiger partial charge is 0.267 e. The van der Waals surface area contributed by atoms with Crippen molar-refractivity contribution in [2.45, 2.75) is 13.8 Å². The Morgan fingerprint density at radius 1 is 1.20 bits per heavy atom. The van der Waals surface area contributed by atoms with E-state index in [1.807, 2.05) is 12.1 Å². The molecule has 0 aliphatic rings. The van der Waals surface area contributed by atoms with E-state index in [0.717, 1.165) is 19.6 Å². The van der Waals surface area contributed by atoms with Gasteiger partial charge in [0.15, 0.2) is 5.13 Å². The molecule has 0 bridgehead atoms. The zero-order valence-electron chi connectivity index (χ0n) is 10.9. The Kier molecular flexibility index (Phi) is 3.62. The molecule has 20 heavy (non-hydrogen) atoms. The van der Waals surface area contributed by atoms with Gasteiger partial charge in [0.05, 0.1) is 18.9 Å². The lowest BCUT2D eigenvalue weighted by Gasteiger charge is -1.98. The SMILES string of the molecule is Cc1ccc2sc(NC(=O)c3ccc(Br)s3)nc2c1C. The molecule has 3 nitrogen and oxygen atoms in total. The standard InChI is InChI=1S/C14H11BrN2OS2/c1-7-3-4-9-12(8(7)2)16-14(20-9)17-13(18)10-5-6-11(15)19-10/h3-6H,1-2H3,(H,16,17,18). The van der Waals surface area contributed by atoms with Crippen molar-refractivity contribution in [1.82, 2.24) is 4.98 Å². The molecule has 1 aromatic carbocycles. The zero-order chi connectivity index (χ0) is 14.3. The molecule has 0 saturated carbocycles. The summed E-state index contributed by atoms with van der Waals surface area (Å²) in [4.78, 5) is 17.3. The predicted molar refractivity (Wildman–Crippen MR) is 89.1 cm³/mol. The summed E-state index contributed by atoms with van der Waals surface area (Å²) in [6, 6.07) is 7.79. The highest BCUT2D eigenvalue weighted by molar-refractivity contribution is 9.11. The first-order valence-electron chi connectivity index (χ1n) is 5.98. The molecule has 6 heteroatoms. The van der Waals surface area contributed by atoms with Gasteiger partial charge < -0.3 is 0 Å². The molecule has 0 fully saturated rings. The zero-order valence-corrected chi connectivity index (χ0v) is 14.1. The van der Waals surface area contributed by atoms with E-state index in [-0.39, 0.29) is 5.91 Å². The molecule has 0 aliphatic heterocycles. The van der Waals surface area contributed by atoms with E-state index in [0.29, 0.717) is 10.0 Å². The first-order chi connectivity index (χ1) is 9.54. The minimum absolute atomic E-state index is 0.117. The van der Waals surface area contributed by atoms with E-state index >= 15 is 0 Å². The van der Waals surface area contributed by atoms with Crippen LogP contribution in [0, 0.1) is 13.8 Å². The lowest BCUT2D eigenvalue weighted by atomic mass is 10.1. The summed E-state index contributed by atoms with van der Waals surface area (Å²) < 4.78 is 2.04. The van der Waals surface area contributed by atoms with E-state index in [1.165, 1.54) is 28.2 Å². The van der Waals surface area contributed by atoms with Gasteiger partial charge in [0, 0.05) is 0 Å². The Labute approximate surface area is 132 Å². The monoisotopic (exact) mass is 366 g/mol. The Balaban J connectivity index is 1.92. The summed E-state index contributed by atoms with van der Waals surface area (Å²) in [5, 5.41) is 3.51. The molecule has 0 spiro atoms. The van der Waals surface area contributed by atoms with Crippen LogP contribution in [0.1, 0.15) is 20.8 Å². The van der Waals surface area contributed by atoms with Gasteiger partial charge in [0.1, 0.15) is 0 Å². The number of hydrogen-bond acceptors (Lipinski definition) is 4. The fourth-order valence-corrected chi connectivity index (χ4v) is 4.08.